The average Bonchev–Trinajstić information content (AvgIpc) is 2.64. The Balaban J connectivity index is 1.72. The van der Waals surface area contributed by atoms with E-state index in [0.29, 0.717) is 35.1 Å². The molecule has 128 valence electrons. The second-order valence-corrected chi connectivity index (χ2v) is 6.79. The molecular formula is C19H19ClN4O. The number of carbonyl (C=O) groups is 1. The zero-order valence-corrected chi connectivity index (χ0v) is 15.0. The van der Waals surface area contributed by atoms with Gasteiger partial charge in [-0.1, -0.05) is 11.6 Å². The van der Waals surface area contributed by atoms with Gasteiger partial charge in [0, 0.05) is 29.6 Å². The van der Waals surface area contributed by atoms with E-state index in [1.54, 1.807) is 24.3 Å². The molecule has 0 atom stereocenters. The molecule has 2 heterocycles. The molecule has 1 saturated heterocycles. The molecule has 0 bridgehead atoms. The maximum absolute atomic E-state index is 12.6. The number of aryl methyl sites for hydroxylation is 1. The van der Waals surface area contributed by atoms with Crippen molar-refractivity contribution in [2.24, 2.45) is 5.92 Å². The van der Waals surface area contributed by atoms with E-state index in [0.717, 1.165) is 24.1 Å². The van der Waals surface area contributed by atoms with E-state index >= 15 is 0 Å². The van der Waals surface area contributed by atoms with Crippen LogP contribution in [0.15, 0.2) is 24.3 Å². The summed E-state index contributed by atoms with van der Waals surface area (Å²) in [5.74, 6) is 0.772. The molecule has 0 N–H and O–H groups in total. The van der Waals surface area contributed by atoms with Gasteiger partial charge < -0.3 is 4.90 Å². The number of ketones is 1. The van der Waals surface area contributed by atoms with Gasteiger partial charge in [0.25, 0.3) is 0 Å². The summed E-state index contributed by atoms with van der Waals surface area (Å²) < 4.78 is 0. The molecule has 5 nitrogen and oxygen atoms in total. The number of Topliss-reactive ketones (excluding diaryl/α,β-unsaturated/α-hetero) is 1. The molecule has 3 rings (SSSR count). The number of nitriles is 1. The van der Waals surface area contributed by atoms with Gasteiger partial charge in [-0.05, 0) is 56.5 Å². The molecule has 1 aliphatic heterocycles. The largest absolute Gasteiger partial charge is 0.354 e. The number of rotatable bonds is 3. The minimum atomic E-state index is -0.0116. The number of halogens is 1. The van der Waals surface area contributed by atoms with Crippen LogP contribution in [0.1, 0.15) is 40.0 Å². The number of carbonyl (C=O) groups excluding carboxylic acids is 1. The first-order valence-electron chi connectivity index (χ1n) is 8.30. The number of hydrogen-bond donors (Lipinski definition) is 0. The Hall–Kier alpha value is -2.45. The maximum Gasteiger partial charge on any atom is 0.169 e. The SMILES string of the molecule is Cc1nnc(N2CCC(C(=O)c3ccc(Cl)cc3)CC2)c(C#N)c1C. The number of aromatic nitrogens is 2. The first-order valence-corrected chi connectivity index (χ1v) is 8.67. The summed E-state index contributed by atoms with van der Waals surface area (Å²) in [6, 6.07) is 9.29. The predicted molar refractivity (Wildman–Crippen MR) is 96.9 cm³/mol. The third-order valence-corrected chi connectivity index (χ3v) is 5.09. The van der Waals surface area contributed by atoms with Crippen LogP contribution in [0.3, 0.4) is 0 Å². The highest BCUT2D eigenvalue weighted by Crippen LogP contribution is 2.28. The fourth-order valence-corrected chi connectivity index (χ4v) is 3.28. The summed E-state index contributed by atoms with van der Waals surface area (Å²) >= 11 is 5.88. The van der Waals surface area contributed by atoms with Crippen molar-refractivity contribution in [1.29, 1.82) is 5.26 Å². The zero-order valence-electron chi connectivity index (χ0n) is 14.3. The standard InChI is InChI=1S/C19H19ClN4O/c1-12-13(2)22-23-19(17(12)11-21)24-9-7-15(8-10-24)18(25)14-3-5-16(20)6-4-14/h3-6,15H,7-10H2,1-2H3. The molecule has 1 aromatic carbocycles. The third-order valence-electron chi connectivity index (χ3n) is 4.84. The molecule has 0 aliphatic carbocycles. The lowest BCUT2D eigenvalue weighted by atomic mass is 9.88. The third kappa shape index (κ3) is 3.49. The fourth-order valence-electron chi connectivity index (χ4n) is 3.15. The van der Waals surface area contributed by atoms with Crippen molar-refractivity contribution in [2.75, 3.05) is 18.0 Å². The van der Waals surface area contributed by atoms with Crippen molar-refractivity contribution in [1.82, 2.24) is 10.2 Å². The first kappa shape index (κ1) is 17.4. The molecule has 0 unspecified atom stereocenters. The van der Waals surface area contributed by atoms with Crippen LogP contribution in [-0.2, 0) is 0 Å². The van der Waals surface area contributed by atoms with Gasteiger partial charge in [-0.3, -0.25) is 4.79 Å². The van der Waals surface area contributed by atoms with Crippen LogP contribution in [0.5, 0.6) is 0 Å². The molecule has 1 aliphatic rings. The normalized spacial score (nSPS) is 15.0. The van der Waals surface area contributed by atoms with Crippen molar-refractivity contribution >= 4 is 23.2 Å². The lowest BCUT2D eigenvalue weighted by Crippen LogP contribution is -2.37. The number of piperidine rings is 1. The van der Waals surface area contributed by atoms with Gasteiger partial charge in [-0.2, -0.15) is 10.4 Å². The maximum atomic E-state index is 12.6. The summed E-state index contributed by atoms with van der Waals surface area (Å²) in [4.78, 5) is 14.7. The van der Waals surface area contributed by atoms with Crippen molar-refractivity contribution in [3.63, 3.8) is 0 Å². The van der Waals surface area contributed by atoms with Crippen LogP contribution < -0.4 is 4.90 Å². The minimum absolute atomic E-state index is 0.0116. The fraction of sp³-hybridized carbons (Fsp3) is 0.368. The Bertz CT molecular complexity index is 834. The topological polar surface area (TPSA) is 69.9 Å². The summed E-state index contributed by atoms with van der Waals surface area (Å²) in [5.41, 5.74) is 2.92. The Morgan fingerprint density at radius 1 is 1.20 bits per heavy atom. The van der Waals surface area contributed by atoms with E-state index in [1.807, 2.05) is 13.8 Å². The van der Waals surface area contributed by atoms with Crippen LogP contribution >= 0.6 is 11.6 Å². The Morgan fingerprint density at radius 2 is 1.84 bits per heavy atom. The summed E-state index contributed by atoms with van der Waals surface area (Å²) in [6.45, 7) is 5.12. The quantitative estimate of drug-likeness (QED) is 0.786. The Morgan fingerprint density at radius 3 is 2.44 bits per heavy atom. The van der Waals surface area contributed by atoms with Crippen molar-refractivity contribution in [3.8, 4) is 6.07 Å². The molecule has 0 amide bonds. The highest BCUT2D eigenvalue weighted by Gasteiger charge is 2.28. The second kappa shape index (κ2) is 7.20. The first-order chi connectivity index (χ1) is 12.0. The molecule has 1 aromatic heterocycles. The van der Waals surface area contributed by atoms with Gasteiger partial charge in [0.2, 0.25) is 0 Å². The Kier molecular flexibility index (Phi) is 5.00. The highest BCUT2D eigenvalue weighted by molar-refractivity contribution is 6.30. The molecule has 0 radical (unpaired) electrons. The van der Waals surface area contributed by atoms with E-state index < -0.39 is 0 Å². The van der Waals surface area contributed by atoms with Crippen molar-refractivity contribution < 1.29 is 4.79 Å². The van der Waals surface area contributed by atoms with Gasteiger partial charge in [0.05, 0.1) is 5.69 Å². The van der Waals surface area contributed by atoms with Gasteiger partial charge in [-0.25, -0.2) is 0 Å². The van der Waals surface area contributed by atoms with Crippen LogP contribution in [0.4, 0.5) is 5.82 Å². The molecule has 1 fully saturated rings. The van der Waals surface area contributed by atoms with Gasteiger partial charge in [-0.15, -0.1) is 5.10 Å². The summed E-state index contributed by atoms with van der Waals surface area (Å²) in [5, 5.41) is 18.5. The molecule has 2 aromatic rings. The molecule has 0 saturated carbocycles. The van der Waals surface area contributed by atoms with Crippen LogP contribution in [-0.4, -0.2) is 29.1 Å². The van der Waals surface area contributed by atoms with Crippen molar-refractivity contribution in [3.05, 3.63) is 51.7 Å². The number of anilines is 1. The number of hydrogen-bond acceptors (Lipinski definition) is 5. The second-order valence-electron chi connectivity index (χ2n) is 6.35. The predicted octanol–water partition coefficient (Wildman–Crippen LogP) is 3.72. The number of benzene rings is 1. The lowest BCUT2D eigenvalue weighted by Gasteiger charge is -2.32. The van der Waals surface area contributed by atoms with E-state index in [9.17, 15) is 10.1 Å². The van der Waals surface area contributed by atoms with Gasteiger partial charge >= 0.3 is 0 Å². The van der Waals surface area contributed by atoms with Gasteiger partial charge in [0.1, 0.15) is 11.6 Å². The monoisotopic (exact) mass is 354 g/mol. The van der Waals surface area contributed by atoms with Crippen LogP contribution in [0.2, 0.25) is 5.02 Å². The summed E-state index contributed by atoms with van der Waals surface area (Å²) in [6.07, 6.45) is 1.47. The van der Waals surface area contributed by atoms with Crippen LogP contribution in [0.25, 0.3) is 0 Å². The van der Waals surface area contributed by atoms with Crippen LogP contribution in [0, 0.1) is 31.1 Å². The van der Waals surface area contributed by atoms with E-state index in [1.165, 1.54) is 0 Å². The number of nitrogens with zero attached hydrogens (tertiary/aromatic N) is 4. The van der Waals surface area contributed by atoms with E-state index in [-0.39, 0.29) is 11.7 Å². The molecule has 0 spiro atoms. The molecule has 6 heteroatoms. The smallest absolute Gasteiger partial charge is 0.169 e. The average molecular weight is 355 g/mol. The minimum Gasteiger partial charge on any atom is -0.354 e. The molecular weight excluding hydrogens is 336 g/mol. The Labute approximate surface area is 152 Å². The zero-order chi connectivity index (χ0) is 18.0. The van der Waals surface area contributed by atoms with Crippen molar-refractivity contribution in [2.45, 2.75) is 26.7 Å². The highest BCUT2D eigenvalue weighted by atomic mass is 35.5. The lowest BCUT2D eigenvalue weighted by molar-refractivity contribution is 0.0900. The summed E-state index contributed by atoms with van der Waals surface area (Å²) in [7, 11) is 0. The van der Waals surface area contributed by atoms with Gasteiger partial charge in [0.15, 0.2) is 11.6 Å². The van der Waals surface area contributed by atoms with E-state index in [2.05, 4.69) is 21.2 Å². The van der Waals surface area contributed by atoms with E-state index in [4.69, 9.17) is 11.6 Å². The molecule has 25 heavy (non-hydrogen) atoms.